The van der Waals surface area contributed by atoms with Crippen LogP contribution in [0.3, 0.4) is 0 Å². The summed E-state index contributed by atoms with van der Waals surface area (Å²) in [5.74, 6) is 1.76. The SMILES string of the molecule is CCCOc1ccc2c(c1)CCN=C2C=CC1CCCCC1. The minimum absolute atomic E-state index is 0.758. The standard InChI is InChI=1S/C20H27NO/c1-2-14-22-18-9-10-19-17(15-18)12-13-21-20(19)11-8-16-6-4-3-5-7-16/h8-11,15-16H,2-7,12-14H2,1H3. The van der Waals surface area contributed by atoms with Crippen LogP contribution in [0, 0.1) is 5.92 Å². The minimum atomic E-state index is 0.758. The van der Waals surface area contributed by atoms with E-state index in [0.717, 1.165) is 43.4 Å². The van der Waals surface area contributed by atoms with E-state index in [1.807, 2.05) is 0 Å². The van der Waals surface area contributed by atoms with Crippen molar-refractivity contribution in [2.45, 2.75) is 51.9 Å². The second-order valence-corrected chi connectivity index (χ2v) is 6.44. The molecule has 0 atom stereocenters. The Labute approximate surface area is 134 Å². The van der Waals surface area contributed by atoms with E-state index in [1.54, 1.807) is 0 Å². The maximum absolute atomic E-state index is 5.75. The number of rotatable bonds is 5. The van der Waals surface area contributed by atoms with Gasteiger partial charge in [0, 0.05) is 12.1 Å². The van der Waals surface area contributed by atoms with E-state index in [9.17, 15) is 0 Å². The van der Waals surface area contributed by atoms with E-state index in [-0.39, 0.29) is 0 Å². The van der Waals surface area contributed by atoms with Gasteiger partial charge in [-0.3, -0.25) is 4.99 Å². The van der Waals surface area contributed by atoms with Gasteiger partial charge in [0.15, 0.2) is 0 Å². The first-order valence-electron chi connectivity index (χ1n) is 8.85. The zero-order valence-electron chi connectivity index (χ0n) is 13.7. The van der Waals surface area contributed by atoms with Gasteiger partial charge in [0.25, 0.3) is 0 Å². The number of allylic oxidation sites excluding steroid dienone is 2. The summed E-state index contributed by atoms with van der Waals surface area (Å²) in [7, 11) is 0. The fourth-order valence-corrected chi connectivity index (χ4v) is 3.41. The molecule has 0 bridgehead atoms. The van der Waals surface area contributed by atoms with Crippen molar-refractivity contribution >= 4 is 5.71 Å². The van der Waals surface area contributed by atoms with Crippen molar-refractivity contribution in [2.75, 3.05) is 13.2 Å². The van der Waals surface area contributed by atoms with Crippen LogP contribution < -0.4 is 4.74 Å². The largest absolute Gasteiger partial charge is 0.494 e. The molecule has 1 saturated carbocycles. The predicted octanol–water partition coefficient (Wildman–Crippen LogP) is 4.96. The second-order valence-electron chi connectivity index (χ2n) is 6.44. The van der Waals surface area contributed by atoms with Crippen molar-refractivity contribution in [1.29, 1.82) is 0 Å². The Kier molecular flexibility index (Phi) is 5.31. The summed E-state index contributed by atoms with van der Waals surface area (Å²) >= 11 is 0. The number of benzene rings is 1. The van der Waals surface area contributed by atoms with Crippen molar-refractivity contribution in [3.63, 3.8) is 0 Å². The maximum Gasteiger partial charge on any atom is 0.119 e. The Bertz CT molecular complexity index is 553. The quantitative estimate of drug-likeness (QED) is 0.753. The Hall–Kier alpha value is -1.57. The third-order valence-electron chi connectivity index (χ3n) is 4.66. The van der Waals surface area contributed by atoms with Crippen molar-refractivity contribution in [1.82, 2.24) is 0 Å². The summed E-state index contributed by atoms with van der Waals surface area (Å²) in [5, 5.41) is 0. The Balaban J connectivity index is 1.72. The lowest BCUT2D eigenvalue weighted by Crippen LogP contribution is -2.12. The summed E-state index contributed by atoms with van der Waals surface area (Å²) < 4.78 is 5.75. The number of ether oxygens (including phenoxy) is 1. The van der Waals surface area contributed by atoms with E-state index in [2.05, 4.69) is 37.3 Å². The van der Waals surface area contributed by atoms with Crippen LogP contribution in [0.5, 0.6) is 5.75 Å². The topological polar surface area (TPSA) is 21.6 Å². The highest BCUT2D eigenvalue weighted by Crippen LogP contribution is 2.26. The number of fused-ring (bicyclic) bond motifs is 1. The lowest BCUT2D eigenvalue weighted by atomic mass is 9.88. The van der Waals surface area contributed by atoms with Crippen LogP contribution in [0.25, 0.3) is 0 Å². The van der Waals surface area contributed by atoms with Gasteiger partial charge in [-0.25, -0.2) is 0 Å². The number of nitrogens with zero attached hydrogens (tertiary/aromatic N) is 1. The predicted molar refractivity (Wildman–Crippen MR) is 93.1 cm³/mol. The molecule has 0 amide bonds. The third-order valence-corrected chi connectivity index (χ3v) is 4.66. The summed E-state index contributed by atoms with van der Waals surface area (Å²) in [4.78, 5) is 4.74. The average molecular weight is 297 g/mol. The molecule has 118 valence electrons. The molecule has 0 saturated heterocycles. The molecule has 0 aromatic heterocycles. The lowest BCUT2D eigenvalue weighted by molar-refractivity contribution is 0.317. The molecule has 22 heavy (non-hydrogen) atoms. The smallest absolute Gasteiger partial charge is 0.119 e. The van der Waals surface area contributed by atoms with Gasteiger partial charge < -0.3 is 4.74 Å². The second kappa shape index (κ2) is 7.62. The molecule has 2 heteroatoms. The van der Waals surface area contributed by atoms with Gasteiger partial charge in [0.2, 0.25) is 0 Å². The first-order chi connectivity index (χ1) is 10.9. The first-order valence-corrected chi connectivity index (χ1v) is 8.85. The molecule has 2 nitrogen and oxygen atoms in total. The van der Waals surface area contributed by atoms with E-state index in [1.165, 1.54) is 43.2 Å². The summed E-state index contributed by atoms with van der Waals surface area (Å²) in [6.07, 6.45) is 13.6. The van der Waals surface area contributed by atoms with Gasteiger partial charge in [-0.05, 0) is 61.4 Å². The van der Waals surface area contributed by atoms with Gasteiger partial charge in [0.05, 0.1) is 12.3 Å². The van der Waals surface area contributed by atoms with Crippen LogP contribution in [-0.4, -0.2) is 18.9 Å². The molecule has 0 unspecified atom stereocenters. The van der Waals surface area contributed by atoms with Crippen molar-refractivity contribution < 1.29 is 4.74 Å². The number of aliphatic imine (C=N–C) groups is 1. The lowest BCUT2D eigenvalue weighted by Gasteiger charge is -2.19. The van der Waals surface area contributed by atoms with Gasteiger partial charge in [-0.15, -0.1) is 0 Å². The van der Waals surface area contributed by atoms with Crippen LogP contribution in [0.15, 0.2) is 35.3 Å². The molecule has 1 fully saturated rings. The molecular weight excluding hydrogens is 270 g/mol. The van der Waals surface area contributed by atoms with Crippen LogP contribution in [-0.2, 0) is 6.42 Å². The van der Waals surface area contributed by atoms with Crippen LogP contribution in [0.4, 0.5) is 0 Å². The van der Waals surface area contributed by atoms with Gasteiger partial charge in [-0.2, -0.15) is 0 Å². The molecule has 3 rings (SSSR count). The molecule has 0 radical (unpaired) electrons. The third kappa shape index (κ3) is 3.79. The number of hydrogen-bond donors (Lipinski definition) is 0. The highest BCUT2D eigenvalue weighted by molar-refractivity contribution is 6.10. The molecule has 1 aromatic carbocycles. The van der Waals surface area contributed by atoms with Gasteiger partial charge in [-0.1, -0.05) is 32.3 Å². The monoisotopic (exact) mass is 297 g/mol. The highest BCUT2D eigenvalue weighted by Gasteiger charge is 2.14. The van der Waals surface area contributed by atoms with Crippen LogP contribution in [0.2, 0.25) is 0 Å². The van der Waals surface area contributed by atoms with E-state index in [0.29, 0.717) is 0 Å². The van der Waals surface area contributed by atoms with Gasteiger partial charge in [0.1, 0.15) is 5.75 Å². The summed E-state index contributed by atoms with van der Waals surface area (Å²) in [5.41, 5.74) is 3.84. The molecule has 2 aliphatic rings. The van der Waals surface area contributed by atoms with Crippen molar-refractivity contribution in [3.05, 3.63) is 41.5 Å². The number of hydrogen-bond acceptors (Lipinski definition) is 2. The fourth-order valence-electron chi connectivity index (χ4n) is 3.41. The van der Waals surface area contributed by atoms with E-state index >= 15 is 0 Å². The van der Waals surface area contributed by atoms with E-state index in [4.69, 9.17) is 9.73 Å². The van der Waals surface area contributed by atoms with Crippen molar-refractivity contribution in [2.24, 2.45) is 10.9 Å². The zero-order valence-corrected chi connectivity index (χ0v) is 13.7. The summed E-state index contributed by atoms with van der Waals surface area (Å²) in [6.45, 7) is 3.83. The Morgan fingerprint density at radius 2 is 2.09 bits per heavy atom. The molecule has 1 aliphatic carbocycles. The van der Waals surface area contributed by atoms with Crippen LogP contribution in [0.1, 0.15) is 56.6 Å². The van der Waals surface area contributed by atoms with Gasteiger partial charge >= 0.3 is 0 Å². The maximum atomic E-state index is 5.75. The highest BCUT2D eigenvalue weighted by atomic mass is 16.5. The molecule has 0 spiro atoms. The summed E-state index contributed by atoms with van der Waals surface area (Å²) in [6, 6.07) is 6.47. The molecule has 1 heterocycles. The normalized spacial score (nSPS) is 19.0. The zero-order chi connectivity index (χ0) is 15.2. The van der Waals surface area contributed by atoms with Crippen LogP contribution >= 0.6 is 0 Å². The average Bonchev–Trinajstić information content (AvgIpc) is 2.58. The fraction of sp³-hybridized carbons (Fsp3) is 0.550. The van der Waals surface area contributed by atoms with Crippen molar-refractivity contribution in [3.8, 4) is 5.75 Å². The first kappa shape index (κ1) is 15.3. The van der Waals surface area contributed by atoms with E-state index < -0.39 is 0 Å². The Morgan fingerprint density at radius 1 is 1.23 bits per heavy atom. The molecular formula is C20H27NO. The molecule has 1 aliphatic heterocycles. The Morgan fingerprint density at radius 3 is 2.91 bits per heavy atom. The molecule has 1 aromatic rings. The molecule has 0 N–H and O–H groups in total. The minimum Gasteiger partial charge on any atom is -0.494 e.